The number of phenolic OH excluding ortho intramolecular Hbond substituents is 1. The van der Waals surface area contributed by atoms with E-state index in [1.807, 2.05) is 0 Å². The van der Waals surface area contributed by atoms with E-state index in [0.29, 0.717) is 5.57 Å². The molecule has 0 atom stereocenters. The molecule has 0 aliphatic carbocycles. The van der Waals surface area contributed by atoms with E-state index >= 15 is 0 Å². The Morgan fingerprint density at radius 3 is 1.57 bits per heavy atom. The Labute approximate surface area is 206 Å². The van der Waals surface area contributed by atoms with Gasteiger partial charge in [0.15, 0.2) is 23.0 Å². The molecule has 11 heteroatoms. The molecule has 0 bridgehead atoms. The van der Waals surface area contributed by atoms with Gasteiger partial charge in [-0.3, -0.25) is 4.79 Å². The number of esters is 1. The molecule has 2 aromatic rings. The minimum atomic E-state index is -1.08. The van der Waals surface area contributed by atoms with Gasteiger partial charge in [0.2, 0.25) is 5.24 Å². The summed E-state index contributed by atoms with van der Waals surface area (Å²) >= 11 is 4.87. The van der Waals surface area contributed by atoms with Crippen LogP contribution in [-0.4, -0.2) is 52.7 Å². The van der Waals surface area contributed by atoms with Crippen LogP contribution in [0.2, 0.25) is 0 Å². The van der Waals surface area contributed by atoms with E-state index in [9.17, 15) is 19.2 Å². The predicted octanol–water partition coefficient (Wildman–Crippen LogP) is 4.30. The zero-order chi connectivity index (χ0) is 27.3. The minimum Gasteiger partial charge on any atom is -0.504 e. The number of hydrogen-bond donors (Lipinski definition) is 3. The zero-order valence-electron chi connectivity index (χ0n) is 19.5. The van der Waals surface area contributed by atoms with Gasteiger partial charge in [-0.2, -0.15) is 0 Å². The van der Waals surface area contributed by atoms with Crippen LogP contribution in [0, 0.1) is 0 Å². The predicted molar refractivity (Wildman–Crippen MR) is 128 cm³/mol. The van der Waals surface area contributed by atoms with Gasteiger partial charge < -0.3 is 29.5 Å². The molecule has 0 heterocycles. The Bertz CT molecular complexity index is 1110. The third-order valence-corrected chi connectivity index (χ3v) is 4.05. The molecule has 0 radical (unpaired) electrons. The van der Waals surface area contributed by atoms with Gasteiger partial charge in [0.25, 0.3) is 0 Å². The topological polar surface area (TPSA) is 157 Å². The number of allylic oxidation sites excluding steroid dienone is 1. The van der Waals surface area contributed by atoms with Gasteiger partial charge in [0.05, 0.1) is 25.3 Å². The molecule has 2 aromatic carbocycles. The SMILES string of the molecule is C=C(C)C(=O)Cl.C=C(C)C(=O)Oc1ccc(C(=O)O)cc1OC.COc1cc(C(=O)O)ccc1O. The molecular weight excluding hydrogens is 484 g/mol. The van der Waals surface area contributed by atoms with Crippen molar-refractivity contribution in [2.45, 2.75) is 13.8 Å². The van der Waals surface area contributed by atoms with E-state index in [2.05, 4.69) is 13.2 Å². The van der Waals surface area contributed by atoms with Crippen LogP contribution in [0.3, 0.4) is 0 Å². The average molecular weight is 509 g/mol. The molecule has 0 aliphatic rings. The second-order valence-corrected chi connectivity index (χ2v) is 6.93. The van der Waals surface area contributed by atoms with Crippen molar-refractivity contribution in [3.63, 3.8) is 0 Å². The fourth-order valence-corrected chi connectivity index (χ4v) is 1.88. The van der Waals surface area contributed by atoms with E-state index < -0.39 is 23.2 Å². The molecule has 0 amide bonds. The summed E-state index contributed by atoms with van der Waals surface area (Å²) in [5, 5.41) is 26.0. The third-order valence-electron chi connectivity index (χ3n) is 3.72. The van der Waals surface area contributed by atoms with Crippen LogP contribution in [0.15, 0.2) is 60.7 Å². The Hall–Kier alpha value is -4.31. The highest BCUT2D eigenvalue weighted by molar-refractivity contribution is 6.67. The van der Waals surface area contributed by atoms with Crippen molar-refractivity contribution in [1.29, 1.82) is 0 Å². The maximum Gasteiger partial charge on any atom is 0.338 e. The fourth-order valence-electron chi connectivity index (χ4n) is 1.88. The number of carbonyl (C=O) groups excluding carboxylic acids is 2. The monoisotopic (exact) mass is 508 g/mol. The summed E-state index contributed by atoms with van der Waals surface area (Å²) in [6.07, 6.45) is 0. The number of ether oxygens (including phenoxy) is 3. The zero-order valence-corrected chi connectivity index (χ0v) is 20.2. The molecule has 0 aromatic heterocycles. The van der Waals surface area contributed by atoms with Gasteiger partial charge in [-0.05, 0) is 61.8 Å². The lowest BCUT2D eigenvalue weighted by atomic mass is 10.2. The number of methoxy groups -OCH3 is 2. The molecule has 0 fully saturated rings. The summed E-state index contributed by atoms with van der Waals surface area (Å²) in [5.41, 5.74) is 0.771. The standard InChI is InChI=1S/C12H12O5.C8H8O4.C4H5ClO/c1-7(2)12(15)17-9-5-4-8(11(13)14)6-10(9)16-3;1-12-7-4-5(8(10)11)2-3-6(7)9;1-3(2)4(5)6/h4-6H,1H2,2-3H3,(H,13,14);2-4,9H,1H3,(H,10,11);1H2,2H3. The maximum atomic E-state index is 11.3. The second kappa shape index (κ2) is 14.8. The summed E-state index contributed by atoms with van der Waals surface area (Å²) in [4.78, 5) is 42.3. The number of aromatic hydroxyl groups is 1. The molecule has 3 N–H and O–H groups in total. The number of benzene rings is 2. The molecule has 0 saturated heterocycles. The smallest absolute Gasteiger partial charge is 0.338 e. The summed E-state index contributed by atoms with van der Waals surface area (Å²) < 4.78 is 14.6. The first-order chi connectivity index (χ1) is 16.2. The lowest BCUT2D eigenvalue weighted by molar-refractivity contribution is -0.130. The Morgan fingerprint density at radius 2 is 1.20 bits per heavy atom. The summed E-state index contributed by atoms with van der Waals surface area (Å²) in [7, 11) is 2.72. The number of aromatic carboxylic acids is 2. The van der Waals surface area contributed by atoms with Gasteiger partial charge in [-0.25, -0.2) is 14.4 Å². The molecule has 2 rings (SSSR count). The highest BCUT2D eigenvalue weighted by Gasteiger charge is 2.13. The molecular formula is C24H25ClO10. The summed E-state index contributed by atoms with van der Waals surface area (Å²) in [6, 6.07) is 7.82. The highest BCUT2D eigenvalue weighted by atomic mass is 35.5. The van der Waals surface area contributed by atoms with Crippen LogP contribution < -0.4 is 14.2 Å². The first-order valence-electron chi connectivity index (χ1n) is 9.49. The van der Waals surface area contributed by atoms with Crippen molar-refractivity contribution in [3.8, 4) is 23.0 Å². The van der Waals surface area contributed by atoms with Gasteiger partial charge in [0.1, 0.15) is 0 Å². The Balaban J connectivity index is 0.000000557. The summed E-state index contributed by atoms with van der Waals surface area (Å²) in [6.45, 7) is 9.80. The second-order valence-electron chi connectivity index (χ2n) is 6.59. The van der Waals surface area contributed by atoms with E-state index in [1.54, 1.807) is 6.92 Å². The van der Waals surface area contributed by atoms with Crippen LogP contribution in [0.25, 0.3) is 0 Å². The molecule has 10 nitrogen and oxygen atoms in total. The van der Waals surface area contributed by atoms with Crippen LogP contribution >= 0.6 is 11.6 Å². The largest absolute Gasteiger partial charge is 0.504 e. The normalized spacial score (nSPS) is 9.17. The van der Waals surface area contributed by atoms with E-state index in [4.69, 9.17) is 41.1 Å². The van der Waals surface area contributed by atoms with Gasteiger partial charge in [-0.1, -0.05) is 13.2 Å². The first-order valence-corrected chi connectivity index (χ1v) is 9.87. The summed E-state index contributed by atoms with van der Waals surface area (Å²) in [5.74, 6) is -2.29. The number of hydrogen-bond acceptors (Lipinski definition) is 8. The van der Waals surface area contributed by atoms with Crippen molar-refractivity contribution in [1.82, 2.24) is 0 Å². The molecule has 0 saturated carbocycles. The Morgan fingerprint density at radius 1 is 0.771 bits per heavy atom. The van der Waals surface area contributed by atoms with Gasteiger partial charge in [-0.15, -0.1) is 0 Å². The quantitative estimate of drug-likeness (QED) is 0.213. The van der Waals surface area contributed by atoms with Crippen molar-refractivity contribution in [2.24, 2.45) is 0 Å². The first kappa shape index (κ1) is 30.7. The minimum absolute atomic E-state index is 0.0528. The molecule has 0 unspecified atom stereocenters. The van der Waals surface area contributed by atoms with E-state index in [1.165, 1.54) is 57.5 Å². The Kier molecular flexibility index (Phi) is 12.9. The maximum absolute atomic E-state index is 11.3. The lowest BCUT2D eigenvalue weighted by Gasteiger charge is -2.09. The number of carboxylic acids is 2. The lowest BCUT2D eigenvalue weighted by Crippen LogP contribution is -2.09. The molecule has 0 aliphatic heterocycles. The van der Waals surface area contributed by atoms with Crippen molar-refractivity contribution < 1.29 is 48.7 Å². The molecule has 35 heavy (non-hydrogen) atoms. The molecule has 188 valence electrons. The highest BCUT2D eigenvalue weighted by Crippen LogP contribution is 2.28. The van der Waals surface area contributed by atoms with Crippen molar-refractivity contribution >= 4 is 34.8 Å². The van der Waals surface area contributed by atoms with E-state index in [0.717, 1.165) is 0 Å². The van der Waals surface area contributed by atoms with Crippen LogP contribution in [0.5, 0.6) is 23.0 Å². The van der Waals surface area contributed by atoms with Crippen LogP contribution in [-0.2, 0) is 9.59 Å². The average Bonchev–Trinajstić information content (AvgIpc) is 2.79. The third kappa shape index (κ3) is 10.9. The van der Waals surface area contributed by atoms with Crippen molar-refractivity contribution in [2.75, 3.05) is 14.2 Å². The van der Waals surface area contributed by atoms with Gasteiger partial charge in [0, 0.05) is 11.1 Å². The molecule has 0 spiro atoms. The van der Waals surface area contributed by atoms with Crippen LogP contribution in [0.4, 0.5) is 0 Å². The number of carbonyl (C=O) groups is 4. The van der Waals surface area contributed by atoms with E-state index in [-0.39, 0.29) is 39.7 Å². The number of phenols is 1. The fraction of sp³-hybridized carbons (Fsp3) is 0.167. The number of carboxylic acid groups (broad SMARTS) is 2. The van der Waals surface area contributed by atoms with Crippen molar-refractivity contribution in [3.05, 3.63) is 71.8 Å². The number of halogens is 1. The van der Waals surface area contributed by atoms with Gasteiger partial charge >= 0.3 is 17.9 Å². The number of rotatable bonds is 7. The van der Waals surface area contributed by atoms with Crippen LogP contribution in [0.1, 0.15) is 34.6 Å².